The summed E-state index contributed by atoms with van der Waals surface area (Å²) in [6.45, 7) is 2.99. The van der Waals surface area contributed by atoms with Gasteiger partial charge in [0.1, 0.15) is 5.75 Å². The van der Waals surface area contributed by atoms with Gasteiger partial charge in [0.15, 0.2) is 5.69 Å². The lowest BCUT2D eigenvalue weighted by molar-refractivity contribution is 0.316. The van der Waals surface area contributed by atoms with E-state index < -0.39 is 0 Å². The molecule has 2 aromatic heterocycles. The highest BCUT2D eigenvalue weighted by Gasteiger charge is 2.18. The molecule has 0 spiro atoms. The van der Waals surface area contributed by atoms with E-state index in [4.69, 9.17) is 9.15 Å². The van der Waals surface area contributed by atoms with E-state index in [9.17, 15) is 4.79 Å². The van der Waals surface area contributed by atoms with Crippen molar-refractivity contribution in [2.24, 2.45) is 0 Å². The first-order valence-electron chi connectivity index (χ1n) is 11.4. The van der Waals surface area contributed by atoms with Gasteiger partial charge in [0.05, 0.1) is 18.5 Å². The molecule has 0 fully saturated rings. The fraction of sp³-hybridized carbons (Fsp3) is 0.185. The quantitative estimate of drug-likeness (QED) is 0.206. The summed E-state index contributed by atoms with van der Waals surface area (Å²) in [7, 11) is 0. The van der Waals surface area contributed by atoms with Gasteiger partial charge < -0.3 is 9.15 Å². The van der Waals surface area contributed by atoms with Gasteiger partial charge in [-0.2, -0.15) is 5.10 Å². The summed E-state index contributed by atoms with van der Waals surface area (Å²) >= 11 is 1.47. The minimum atomic E-state index is -0.157. The van der Waals surface area contributed by atoms with Crippen molar-refractivity contribution in [2.45, 2.75) is 25.1 Å². The zero-order valence-corrected chi connectivity index (χ0v) is 20.1. The lowest BCUT2D eigenvalue weighted by atomic mass is 10.1. The third kappa shape index (κ3) is 5.27. The fourth-order valence-electron chi connectivity index (χ4n) is 3.74. The van der Waals surface area contributed by atoms with E-state index in [0.29, 0.717) is 40.7 Å². The van der Waals surface area contributed by atoms with Crippen LogP contribution in [0.4, 0.5) is 0 Å². The second-order valence-corrected chi connectivity index (χ2v) is 9.08. The van der Waals surface area contributed by atoms with Gasteiger partial charge in [0.25, 0.3) is 16.7 Å². The highest BCUT2D eigenvalue weighted by Crippen LogP contribution is 2.27. The molecule has 0 unspecified atom stereocenters. The summed E-state index contributed by atoms with van der Waals surface area (Å²) in [5.74, 6) is 1.97. The molecule has 0 amide bonds. The Morgan fingerprint density at radius 3 is 2.49 bits per heavy atom. The summed E-state index contributed by atoms with van der Waals surface area (Å²) in [6, 6.07) is 25.1. The Balaban J connectivity index is 1.31. The molecule has 0 aliphatic carbocycles. The van der Waals surface area contributed by atoms with Gasteiger partial charge >= 0.3 is 0 Å². The van der Waals surface area contributed by atoms with E-state index in [1.165, 1.54) is 16.4 Å². The Morgan fingerprint density at radius 2 is 1.66 bits per heavy atom. The minimum absolute atomic E-state index is 0.157. The second-order valence-electron chi connectivity index (χ2n) is 8.03. The molecular weight excluding hydrogens is 460 g/mol. The number of aromatic nitrogens is 4. The van der Waals surface area contributed by atoms with Crippen molar-refractivity contribution >= 4 is 22.5 Å². The predicted molar refractivity (Wildman–Crippen MR) is 137 cm³/mol. The molecule has 7 nitrogen and oxygen atoms in total. The first-order valence-corrected chi connectivity index (χ1v) is 12.4. The molecule has 35 heavy (non-hydrogen) atoms. The largest absolute Gasteiger partial charge is 0.493 e. The van der Waals surface area contributed by atoms with E-state index in [0.717, 1.165) is 29.1 Å². The predicted octanol–water partition coefficient (Wildman–Crippen LogP) is 5.36. The van der Waals surface area contributed by atoms with Crippen LogP contribution in [0.5, 0.6) is 5.75 Å². The fourth-order valence-corrected chi connectivity index (χ4v) is 4.41. The van der Waals surface area contributed by atoms with E-state index in [1.54, 1.807) is 6.07 Å². The van der Waals surface area contributed by atoms with Crippen LogP contribution in [0, 0.1) is 6.92 Å². The van der Waals surface area contributed by atoms with Crippen LogP contribution in [-0.2, 0) is 6.54 Å². The summed E-state index contributed by atoms with van der Waals surface area (Å²) in [4.78, 5) is 13.1. The number of fused-ring (bicyclic) bond motifs is 1. The molecule has 0 saturated carbocycles. The Bertz CT molecular complexity index is 1500. The van der Waals surface area contributed by atoms with Crippen molar-refractivity contribution in [1.29, 1.82) is 0 Å². The topological polar surface area (TPSA) is 83.0 Å². The standard InChI is InChI=1S/C27H24N4O3S/c1-19-10-5-8-15-23(19)33-16-9-17-35-27-29-28-25(34-27)24-21-13-6-7-14-22(21)26(32)31(30-24)18-20-11-3-2-4-12-20/h2-8,10-15H,9,16-18H2,1H3. The van der Waals surface area contributed by atoms with Gasteiger partial charge in [-0.1, -0.05) is 78.5 Å². The maximum absolute atomic E-state index is 13.1. The Hall–Kier alpha value is -3.91. The van der Waals surface area contributed by atoms with Crippen molar-refractivity contribution < 1.29 is 9.15 Å². The number of ether oxygens (including phenoxy) is 1. The van der Waals surface area contributed by atoms with Crippen molar-refractivity contribution in [3.8, 4) is 17.3 Å². The molecule has 8 heteroatoms. The van der Waals surface area contributed by atoms with E-state index in [2.05, 4.69) is 15.3 Å². The van der Waals surface area contributed by atoms with Gasteiger partial charge in [-0.15, -0.1) is 10.2 Å². The normalized spacial score (nSPS) is 11.1. The number of para-hydroxylation sites is 1. The molecule has 0 N–H and O–H groups in total. The molecule has 176 valence electrons. The van der Waals surface area contributed by atoms with E-state index >= 15 is 0 Å². The number of nitrogens with zero attached hydrogens (tertiary/aromatic N) is 4. The van der Waals surface area contributed by atoms with E-state index in [1.807, 2.05) is 79.7 Å². The number of hydrogen-bond donors (Lipinski definition) is 0. The van der Waals surface area contributed by atoms with Gasteiger partial charge in [-0.05, 0) is 36.6 Å². The molecule has 0 bridgehead atoms. The molecule has 2 heterocycles. The Labute approximate surface area is 206 Å². The summed E-state index contributed by atoms with van der Waals surface area (Å²) in [6.07, 6.45) is 0.833. The summed E-state index contributed by atoms with van der Waals surface area (Å²) in [5, 5.41) is 14.7. The number of thioether (sulfide) groups is 1. The van der Waals surface area contributed by atoms with Crippen LogP contribution >= 0.6 is 11.8 Å². The summed E-state index contributed by atoms with van der Waals surface area (Å²) in [5.41, 5.74) is 2.45. The van der Waals surface area contributed by atoms with Crippen LogP contribution < -0.4 is 10.3 Å². The molecule has 0 radical (unpaired) electrons. The van der Waals surface area contributed by atoms with Gasteiger partial charge in [-0.25, -0.2) is 4.68 Å². The molecule has 0 aliphatic rings. The highest BCUT2D eigenvalue weighted by molar-refractivity contribution is 7.99. The molecule has 0 saturated heterocycles. The average molecular weight is 485 g/mol. The summed E-state index contributed by atoms with van der Waals surface area (Å²) < 4.78 is 13.2. The number of benzene rings is 3. The maximum Gasteiger partial charge on any atom is 0.276 e. The SMILES string of the molecule is Cc1ccccc1OCCCSc1nnc(-c2nn(Cc3ccccc3)c(=O)c3ccccc23)o1. The minimum Gasteiger partial charge on any atom is -0.493 e. The van der Waals surface area contributed by atoms with Crippen LogP contribution in [0.15, 0.2) is 93.3 Å². The lowest BCUT2D eigenvalue weighted by Crippen LogP contribution is -2.24. The van der Waals surface area contributed by atoms with E-state index in [-0.39, 0.29) is 5.56 Å². The van der Waals surface area contributed by atoms with Crippen LogP contribution in [0.25, 0.3) is 22.4 Å². The van der Waals surface area contributed by atoms with Crippen molar-refractivity contribution in [1.82, 2.24) is 20.0 Å². The van der Waals surface area contributed by atoms with Gasteiger partial charge in [0, 0.05) is 11.1 Å². The molecule has 3 aromatic carbocycles. The van der Waals surface area contributed by atoms with Crippen LogP contribution in [-0.4, -0.2) is 32.3 Å². The molecular formula is C27H24N4O3S. The first-order chi connectivity index (χ1) is 17.2. The van der Waals surface area contributed by atoms with Gasteiger partial charge in [-0.3, -0.25) is 4.79 Å². The number of rotatable bonds is 9. The third-order valence-electron chi connectivity index (χ3n) is 5.52. The molecule has 5 rings (SSSR count). The van der Waals surface area contributed by atoms with Crippen molar-refractivity contribution in [3.63, 3.8) is 0 Å². The Kier molecular flexibility index (Phi) is 6.90. The van der Waals surface area contributed by atoms with Crippen LogP contribution in [0.1, 0.15) is 17.5 Å². The number of hydrogen-bond acceptors (Lipinski definition) is 7. The maximum atomic E-state index is 13.1. The zero-order chi connectivity index (χ0) is 24.0. The van der Waals surface area contributed by atoms with Crippen LogP contribution in [0.2, 0.25) is 0 Å². The van der Waals surface area contributed by atoms with Gasteiger partial charge in [0.2, 0.25) is 0 Å². The number of aryl methyl sites for hydroxylation is 1. The zero-order valence-electron chi connectivity index (χ0n) is 19.3. The van der Waals surface area contributed by atoms with Crippen molar-refractivity contribution in [3.05, 3.63) is 100 Å². The Morgan fingerprint density at radius 1 is 0.914 bits per heavy atom. The second kappa shape index (κ2) is 10.6. The monoisotopic (exact) mass is 484 g/mol. The lowest BCUT2D eigenvalue weighted by Gasteiger charge is -2.09. The highest BCUT2D eigenvalue weighted by atomic mass is 32.2. The average Bonchev–Trinajstić information content (AvgIpc) is 3.36. The third-order valence-corrected chi connectivity index (χ3v) is 6.42. The molecule has 0 atom stereocenters. The molecule has 0 aliphatic heterocycles. The van der Waals surface area contributed by atoms with Crippen LogP contribution in [0.3, 0.4) is 0 Å². The smallest absolute Gasteiger partial charge is 0.276 e. The molecule has 5 aromatic rings. The van der Waals surface area contributed by atoms with Crippen molar-refractivity contribution in [2.75, 3.05) is 12.4 Å². The first kappa shape index (κ1) is 22.9.